The summed E-state index contributed by atoms with van der Waals surface area (Å²) in [5.41, 5.74) is 1.20. The van der Waals surface area contributed by atoms with Crippen molar-refractivity contribution in [3.63, 3.8) is 0 Å². The first-order valence-corrected chi connectivity index (χ1v) is 11.9. The molecule has 38 heavy (non-hydrogen) atoms. The summed E-state index contributed by atoms with van der Waals surface area (Å²) in [6.07, 6.45) is -1.20. The van der Waals surface area contributed by atoms with Crippen LogP contribution in [-0.4, -0.2) is 52.0 Å². The highest BCUT2D eigenvalue weighted by molar-refractivity contribution is 5.91. The lowest BCUT2D eigenvalue weighted by atomic mass is 10.1. The lowest BCUT2D eigenvalue weighted by Gasteiger charge is -2.14. The van der Waals surface area contributed by atoms with Crippen molar-refractivity contribution >= 4 is 23.6 Å². The van der Waals surface area contributed by atoms with Crippen LogP contribution in [0.1, 0.15) is 41.6 Å². The summed E-state index contributed by atoms with van der Waals surface area (Å²) in [6, 6.07) is 11.1. The van der Waals surface area contributed by atoms with Crippen LogP contribution in [0.2, 0.25) is 0 Å². The molecule has 0 unspecified atom stereocenters. The van der Waals surface area contributed by atoms with Crippen molar-refractivity contribution in [1.82, 2.24) is 15.0 Å². The molecule has 3 aromatic rings. The van der Waals surface area contributed by atoms with Gasteiger partial charge in [0.2, 0.25) is 11.9 Å². The predicted octanol–water partition coefficient (Wildman–Crippen LogP) is 5.20. The summed E-state index contributed by atoms with van der Waals surface area (Å²) < 4.78 is 54.4. The molecular weight excluding hydrogens is 507 g/mol. The fourth-order valence-electron chi connectivity index (χ4n) is 3.54. The Labute approximate surface area is 216 Å². The largest absolute Gasteiger partial charge is 0.494 e. The third-order valence-electron chi connectivity index (χ3n) is 5.39. The number of carbonyl (C=O) groups is 1. The maximum atomic E-state index is 12.7. The number of hydrogen-bond acceptors (Lipinski definition) is 9. The van der Waals surface area contributed by atoms with Gasteiger partial charge in [-0.2, -0.15) is 28.1 Å². The molecule has 3 heterocycles. The van der Waals surface area contributed by atoms with Gasteiger partial charge in [0, 0.05) is 18.3 Å². The van der Waals surface area contributed by atoms with Gasteiger partial charge in [-0.1, -0.05) is 12.1 Å². The first-order valence-electron chi connectivity index (χ1n) is 11.9. The minimum Gasteiger partial charge on any atom is -0.494 e. The van der Waals surface area contributed by atoms with Crippen molar-refractivity contribution in [2.45, 2.75) is 38.4 Å². The van der Waals surface area contributed by atoms with E-state index in [1.165, 1.54) is 18.2 Å². The summed E-state index contributed by atoms with van der Waals surface area (Å²) in [4.78, 5) is 23.7. The number of ether oxygens (including phenoxy) is 3. The molecule has 0 atom stereocenters. The molecule has 0 saturated heterocycles. The van der Waals surface area contributed by atoms with Crippen LogP contribution >= 0.6 is 0 Å². The van der Waals surface area contributed by atoms with Gasteiger partial charge in [-0.05, 0) is 55.5 Å². The molecule has 2 aromatic carbocycles. The Hall–Kier alpha value is -4.29. The molecule has 0 radical (unpaired) electrons. The van der Waals surface area contributed by atoms with E-state index in [0.29, 0.717) is 25.3 Å². The maximum absolute atomic E-state index is 12.7. The number of hydrogen-bond donors (Lipinski definition) is 3. The fourth-order valence-corrected chi connectivity index (χ4v) is 3.54. The van der Waals surface area contributed by atoms with E-state index in [2.05, 4.69) is 25.6 Å². The second kappa shape index (κ2) is 12.3. The number of carboxylic acids is 1. The smallest absolute Gasteiger partial charge is 0.422 e. The van der Waals surface area contributed by atoms with Gasteiger partial charge in [0.15, 0.2) is 6.61 Å². The summed E-state index contributed by atoms with van der Waals surface area (Å²) in [5.74, 6) is -0.430. The highest BCUT2D eigenvalue weighted by Gasteiger charge is 2.29. The summed E-state index contributed by atoms with van der Waals surface area (Å²) in [5, 5.41) is 15.3. The van der Waals surface area contributed by atoms with Gasteiger partial charge in [-0.3, -0.25) is 0 Å². The first kappa shape index (κ1) is 26.8. The molecule has 0 saturated carbocycles. The number of halogens is 3. The summed E-state index contributed by atoms with van der Waals surface area (Å²) in [6.45, 7) is -0.443. The van der Waals surface area contributed by atoms with E-state index >= 15 is 0 Å². The van der Waals surface area contributed by atoms with Crippen LogP contribution in [0.25, 0.3) is 0 Å². The van der Waals surface area contributed by atoms with E-state index in [-0.39, 0.29) is 29.8 Å². The Kier molecular flexibility index (Phi) is 8.66. The second-order valence-corrected chi connectivity index (χ2v) is 8.42. The topological polar surface area (TPSA) is 128 Å². The van der Waals surface area contributed by atoms with Gasteiger partial charge in [-0.25, -0.2) is 4.79 Å². The molecule has 202 valence electrons. The molecule has 10 nitrogen and oxygen atoms in total. The summed E-state index contributed by atoms with van der Waals surface area (Å²) in [7, 11) is 0. The van der Waals surface area contributed by atoms with Crippen molar-refractivity contribution in [3.05, 3.63) is 53.6 Å². The molecule has 0 amide bonds. The van der Waals surface area contributed by atoms with Crippen molar-refractivity contribution in [1.29, 1.82) is 0 Å². The number of rotatable bonds is 3. The van der Waals surface area contributed by atoms with Crippen LogP contribution in [0.3, 0.4) is 0 Å². The van der Waals surface area contributed by atoms with Crippen molar-refractivity contribution < 1.29 is 37.3 Å². The number of anilines is 3. The van der Waals surface area contributed by atoms with E-state index in [9.17, 15) is 23.1 Å². The number of aromatic carboxylic acids is 1. The number of nitrogens with one attached hydrogen (secondary N) is 2. The molecule has 13 heteroatoms. The van der Waals surface area contributed by atoms with Crippen molar-refractivity contribution in [3.8, 4) is 17.5 Å². The number of benzene rings is 2. The number of nitrogens with zero attached hydrogens (tertiary/aromatic N) is 3. The minimum atomic E-state index is -4.59. The van der Waals surface area contributed by atoms with Crippen molar-refractivity contribution in [2.75, 3.05) is 30.5 Å². The van der Waals surface area contributed by atoms with Gasteiger partial charge >= 0.3 is 18.2 Å². The molecule has 0 fully saturated rings. The standard InChI is InChI=1S/C25H26F3N5O5/c26-25(27,28)15-38-24-32-22-29-14-16-5-8-18(9-6-16)36-11-3-1-2-4-12-37-20-13-17(30-23(31-22)33-24)7-10-19(20)21(34)35/h5-10,13H,1-4,11-12,14-15H2,(H,34,35)(H2,29,30,31,32,33). The Morgan fingerprint density at radius 2 is 1.66 bits per heavy atom. The van der Waals surface area contributed by atoms with E-state index in [4.69, 9.17) is 14.2 Å². The lowest BCUT2D eigenvalue weighted by molar-refractivity contribution is -0.154. The highest BCUT2D eigenvalue weighted by atomic mass is 19.4. The molecule has 5 rings (SSSR count). The molecular formula is C25H26F3N5O5. The van der Waals surface area contributed by atoms with E-state index in [1.807, 2.05) is 24.3 Å². The Balaban J connectivity index is 1.63. The first-order chi connectivity index (χ1) is 18.2. The fraction of sp³-hybridized carbons (Fsp3) is 0.360. The minimum absolute atomic E-state index is 0.0236. The second-order valence-electron chi connectivity index (χ2n) is 8.42. The van der Waals surface area contributed by atoms with Crippen LogP contribution in [0.15, 0.2) is 42.5 Å². The van der Waals surface area contributed by atoms with E-state index < -0.39 is 24.8 Å². The Bertz CT molecular complexity index is 1240. The predicted molar refractivity (Wildman–Crippen MR) is 131 cm³/mol. The number of carboxylic acid groups (broad SMARTS) is 1. The van der Waals surface area contributed by atoms with Gasteiger partial charge in [-0.15, -0.1) is 0 Å². The quantitative estimate of drug-likeness (QED) is 0.413. The normalized spacial score (nSPS) is 14.6. The lowest BCUT2D eigenvalue weighted by Crippen LogP contribution is -2.21. The molecule has 6 bridgehead atoms. The SMILES string of the molecule is O=C(O)c1ccc2cc1OCCCCCCOc1ccc(cc1)CNc1nc(nc(OCC(F)(F)F)n1)N2. The summed E-state index contributed by atoms with van der Waals surface area (Å²) >= 11 is 0. The van der Waals surface area contributed by atoms with Gasteiger partial charge in [0.25, 0.3) is 0 Å². The molecule has 2 aliphatic heterocycles. The molecule has 0 aliphatic carbocycles. The van der Waals surface area contributed by atoms with Crippen LogP contribution < -0.4 is 24.8 Å². The third kappa shape index (κ3) is 8.11. The Morgan fingerprint density at radius 1 is 0.947 bits per heavy atom. The van der Waals surface area contributed by atoms with Gasteiger partial charge in [0.05, 0.1) is 13.2 Å². The number of alkyl halides is 3. The molecule has 1 aromatic heterocycles. The highest BCUT2D eigenvalue weighted by Crippen LogP contribution is 2.27. The average Bonchev–Trinajstić information content (AvgIpc) is 2.87. The number of fused-ring (bicyclic) bond motifs is 10. The maximum Gasteiger partial charge on any atom is 0.422 e. The van der Waals surface area contributed by atoms with Gasteiger partial charge < -0.3 is 30.0 Å². The van der Waals surface area contributed by atoms with Crippen molar-refractivity contribution in [2.24, 2.45) is 0 Å². The zero-order valence-corrected chi connectivity index (χ0v) is 20.3. The zero-order valence-electron chi connectivity index (χ0n) is 20.3. The monoisotopic (exact) mass is 533 g/mol. The zero-order chi connectivity index (χ0) is 27.0. The molecule has 0 spiro atoms. The Morgan fingerprint density at radius 3 is 2.37 bits per heavy atom. The third-order valence-corrected chi connectivity index (χ3v) is 5.39. The van der Waals surface area contributed by atoms with Crippen LogP contribution in [0, 0.1) is 0 Å². The number of aromatic nitrogens is 3. The molecule has 3 N–H and O–H groups in total. The van der Waals surface area contributed by atoms with E-state index in [1.54, 1.807) is 0 Å². The average molecular weight is 534 g/mol. The van der Waals surface area contributed by atoms with Crippen LogP contribution in [0.4, 0.5) is 30.8 Å². The van der Waals surface area contributed by atoms with Gasteiger partial charge in [0.1, 0.15) is 17.1 Å². The van der Waals surface area contributed by atoms with E-state index in [0.717, 1.165) is 30.6 Å². The molecule has 2 aliphatic rings. The van der Waals surface area contributed by atoms with Crippen LogP contribution in [-0.2, 0) is 6.54 Å². The van der Waals surface area contributed by atoms with Crippen LogP contribution in [0.5, 0.6) is 17.5 Å².